The lowest BCUT2D eigenvalue weighted by molar-refractivity contribution is -0.135. The Bertz CT molecular complexity index is 933. The summed E-state index contributed by atoms with van der Waals surface area (Å²) >= 11 is 1.66. The lowest BCUT2D eigenvalue weighted by Gasteiger charge is -2.37. The molecule has 2 heterocycles. The first-order valence-corrected chi connectivity index (χ1v) is 12.5. The van der Waals surface area contributed by atoms with Crippen molar-refractivity contribution in [2.75, 3.05) is 32.8 Å². The van der Waals surface area contributed by atoms with E-state index in [4.69, 9.17) is 4.74 Å². The van der Waals surface area contributed by atoms with Crippen molar-refractivity contribution in [3.63, 3.8) is 0 Å². The fourth-order valence-corrected chi connectivity index (χ4v) is 4.80. The van der Waals surface area contributed by atoms with Crippen LogP contribution in [0, 0.1) is 11.7 Å². The third-order valence-electron chi connectivity index (χ3n) is 5.76. The van der Waals surface area contributed by atoms with Crippen LogP contribution in [0.5, 0.6) is 5.75 Å². The van der Waals surface area contributed by atoms with Gasteiger partial charge in [-0.1, -0.05) is 32.9 Å². The van der Waals surface area contributed by atoms with Crippen LogP contribution < -0.4 is 10.1 Å². The highest BCUT2D eigenvalue weighted by Gasteiger charge is 2.33. The number of carbonyl (C=O) groups is 2. The average molecular weight is 476 g/mol. The number of fused-ring (bicyclic) bond motifs is 1. The van der Waals surface area contributed by atoms with E-state index in [0.29, 0.717) is 25.6 Å². The highest BCUT2D eigenvalue weighted by atomic mass is 32.1. The highest BCUT2D eigenvalue weighted by Crippen LogP contribution is 2.34. The van der Waals surface area contributed by atoms with E-state index in [1.807, 2.05) is 18.4 Å². The van der Waals surface area contributed by atoms with Crippen molar-refractivity contribution in [1.82, 2.24) is 15.1 Å². The van der Waals surface area contributed by atoms with Gasteiger partial charge in [0.1, 0.15) is 13.2 Å². The Balaban J connectivity index is 1.75. The number of thiophene rings is 1. The van der Waals surface area contributed by atoms with Crippen molar-refractivity contribution < 1.29 is 18.7 Å². The van der Waals surface area contributed by atoms with Crippen LogP contribution in [0.15, 0.2) is 35.7 Å². The van der Waals surface area contributed by atoms with E-state index in [1.54, 1.807) is 39.3 Å². The quantitative estimate of drug-likeness (QED) is 0.534. The van der Waals surface area contributed by atoms with Crippen molar-refractivity contribution >= 4 is 23.3 Å². The molecule has 0 fully saturated rings. The summed E-state index contributed by atoms with van der Waals surface area (Å²) in [5.74, 6) is 0.0465. The molecule has 6 nitrogen and oxygen atoms in total. The summed E-state index contributed by atoms with van der Waals surface area (Å²) in [7, 11) is 0. The van der Waals surface area contributed by atoms with Crippen molar-refractivity contribution in [2.24, 2.45) is 5.92 Å². The molecule has 0 unspecified atom stereocenters. The Morgan fingerprint density at radius 2 is 2.09 bits per heavy atom. The van der Waals surface area contributed by atoms with Gasteiger partial charge in [-0.15, -0.1) is 11.3 Å². The van der Waals surface area contributed by atoms with Crippen LogP contribution in [-0.2, 0) is 11.2 Å². The number of para-hydroxylation sites is 1. The molecule has 0 radical (unpaired) electrons. The van der Waals surface area contributed by atoms with E-state index < -0.39 is 5.82 Å². The van der Waals surface area contributed by atoms with Gasteiger partial charge in [-0.25, -0.2) is 9.18 Å². The second-order valence-electron chi connectivity index (χ2n) is 8.73. The molecular weight excluding hydrogens is 441 g/mol. The third kappa shape index (κ3) is 6.69. The van der Waals surface area contributed by atoms with E-state index in [-0.39, 0.29) is 36.9 Å². The number of rotatable bonds is 10. The van der Waals surface area contributed by atoms with Gasteiger partial charge in [0.25, 0.3) is 0 Å². The maximum atomic E-state index is 14.1. The Morgan fingerprint density at radius 3 is 2.82 bits per heavy atom. The van der Waals surface area contributed by atoms with Gasteiger partial charge in [0, 0.05) is 24.5 Å². The van der Waals surface area contributed by atoms with Crippen LogP contribution in [0.1, 0.15) is 50.1 Å². The molecule has 2 aromatic rings. The first-order chi connectivity index (χ1) is 15.9. The molecule has 1 atom stereocenters. The molecule has 3 amide bonds. The van der Waals surface area contributed by atoms with E-state index >= 15 is 0 Å². The summed E-state index contributed by atoms with van der Waals surface area (Å²) in [5.41, 5.74) is 1.04. The minimum Gasteiger partial charge on any atom is -0.488 e. The maximum absolute atomic E-state index is 14.1. The van der Waals surface area contributed by atoms with Crippen LogP contribution in [0.25, 0.3) is 0 Å². The summed E-state index contributed by atoms with van der Waals surface area (Å²) < 4.78 is 19.9. The van der Waals surface area contributed by atoms with E-state index in [0.717, 1.165) is 24.8 Å². The summed E-state index contributed by atoms with van der Waals surface area (Å²) in [6.07, 6.45) is 2.42. The average Bonchev–Trinajstić information content (AvgIpc) is 3.28. The molecule has 180 valence electrons. The lowest BCUT2D eigenvalue weighted by atomic mass is 10.0. The number of amides is 3. The number of hydrogen-bond donors (Lipinski definition) is 1. The highest BCUT2D eigenvalue weighted by molar-refractivity contribution is 7.10. The number of benzene rings is 1. The smallest absolute Gasteiger partial charge is 0.317 e. The SMILES string of the molecule is CCCNC(=O)N(CCC(C)C)CC(=O)N1CCc2sccc2[C@H]1COc1ccccc1F. The number of ether oxygens (including phenoxy) is 1. The Hall–Kier alpha value is -2.61. The monoisotopic (exact) mass is 475 g/mol. The molecule has 33 heavy (non-hydrogen) atoms. The number of nitrogens with zero attached hydrogens (tertiary/aromatic N) is 2. The van der Waals surface area contributed by atoms with Crippen molar-refractivity contribution in [2.45, 2.75) is 46.1 Å². The first-order valence-electron chi connectivity index (χ1n) is 11.7. The van der Waals surface area contributed by atoms with Crippen LogP contribution in [-0.4, -0.2) is 54.5 Å². The molecule has 1 aliphatic heterocycles. The normalized spacial score (nSPS) is 15.3. The minimum absolute atomic E-state index is 0.0118. The molecule has 1 N–H and O–H groups in total. The van der Waals surface area contributed by atoms with Gasteiger partial charge in [0.2, 0.25) is 5.91 Å². The van der Waals surface area contributed by atoms with E-state index in [9.17, 15) is 14.0 Å². The molecule has 8 heteroatoms. The molecule has 0 bridgehead atoms. The predicted octanol–water partition coefficient (Wildman–Crippen LogP) is 4.86. The van der Waals surface area contributed by atoms with Crippen LogP contribution >= 0.6 is 11.3 Å². The van der Waals surface area contributed by atoms with E-state index in [2.05, 4.69) is 19.2 Å². The van der Waals surface area contributed by atoms with Crippen molar-refractivity contribution in [1.29, 1.82) is 0 Å². The summed E-state index contributed by atoms with van der Waals surface area (Å²) in [4.78, 5) is 30.7. The third-order valence-corrected chi connectivity index (χ3v) is 6.76. The second kappa shape index (κ2) is 12.0. The zero-order valence-electron chi connectivity index (χ0n) is 19.7. The van der Waals surface area contributed by atoms with E-state index in [1.165, 1.54) is 10.9 Å². The zero-order chi connectivity index (χ0) is 23.8. The number of urea groups is 1. The summed E-state index contributed by atoms with van der Waals surface area (Å²) in [6, 6.07) is 7.77. The summed E-state index contributed by atoms with van der Waals surface area (Å²) in [6.45, 7) is 8.01. The van der Waals surface area contributed by atoms with Crippen LogP contribution in [0.3, 0.4) is 0 Å². The molecule has 0 aliphatic carbocycles. The molecule has 0 saturated carbocycles. The van der Waals surface area contributed by atoms with Gasteiger partial charge in [0.15, 0.2) is 11.6 Å². The zero-order valence-corrected chi connectivity index (χ0v) is 20.5. The molecule has 1 aliphatic rings. The number of nitrogens with one attached hydrogen (secondary N) is 1. The van der Waals surface area contributed by atoms with Gasteiger partial charge in [-0.05, 0) is 54.3 Å². The first kappa shape index (κ1) is 25.0. The number of halogens is 1. The molecule has 0 saturated heterocycles. The Kier molecular flexibility index (Phi) is 9.11. The van der Waals surface area contributed by atoms with Gasteiger partial charge in [0.05, 0.1) is 6.04 Å². The fourth-order valence-electron chi connectivity index (χ4n) is 3.87. The lowest BCUT2D eigenvalue weighted by Crippen LogP contribution is -2.50. The largest absolute Gasteiger partial charge is 0.488 e. The van der Waals surface area contributed by atoms with Gasteiger partial charge >= 0.3 is 6.03 Å². The van der Waals surface area contributed by atoms with Gasteiger partial charge < -0.3 is 19.9 Å². The van der Waals surface area contributed by atoms with Crippen molar-refractivity contribution in [3.8, 4) is 5.75 Å². The summed E-state index contributed by atoms with van der Waals surface area (Å²) in [5, 5.41) is 4.91. The fraction of sp³-hybridized carbons (Fsp3) is 0.520. The molecule has 1 aromatic carbocycles. The second-order valence-corrected chi connectivity index (χ2v) is 9.73. The molecule has 3 rings (SSSR count). The van der Waals surface area contributed by atoms with Crippen molar-refractivity contribution in [3.05, 3.63) is 52.0 Å². The molecule has 1 aromatic heterocycles. The minimum atomic E-state index is -0.427. The van der Waals surface area contributed by atoms with Gasteiger partial charge in [-0.2, -0.15) is 0 Å². The topological polar surface area (TPSA) is 61.9 Å². The Labute approximate surface area is 199 Å². The predicted molar refractivity (Wildman–Crippen MR) is 129 cm³/mol. The van der Waals surface area contributed by atoms with Crippen LogP contribution in [0.2, 0.25) is 0 Å². The standard InChI is InChI=1S/C25H34FN3O3S/c1-4-12-27-25(31)28(13-9-18(2)3)16-24(30)29-14-10-23-19(11-15-33-23)21(29)17-32-22-8-6-5-7-20(22)26/h5-8,11,15,18,21H,4,9-10,12-14,16-17H2,1-3H3,(H,27,31)/t21-/m1/s1. The van der Waals surface area contributed by atoms with Crippen LogP contribution in [0.4, 0.5) is 9.18 Å². The number of hydrogen-bond acceptors (Lipinski definition) is 4. The maximum Gasteiger partial charge on any atom is 0.317 e. The Morgan fingerprint density at radius 1 is 1.30 bits per heavy atom. The molecule has 0 spiro atoms. The molecular formula is C25H34FN3O3S. The van der Waals surface area contributed by atoms with Gasteiger partial charge in [-0.3, -0.25) is 4.79 Å². The number of carbonyl (C=O) groups excluding carboxylic acids is 2.